The van der Waals surface area contributed by atoms with E-state index in [9.17, 15) is 0 Å². The zero-order valence-corrected chi connectivity index (χ0v) is 10.4. The van der Waals surface area contributed by atoms with Crippen LogP contribution < -0.4 is 5.73 Å². The summed E-state index contributed by atoms with van der Waals surface area (Å²) in [5.74, 6) is 0.274. The minimum atomic E-state index is 0.0834. The van der Waals surface area contributed by atoms with E-state index < -0.39 is 0 Å². The highest BCUT2D eigenvalue weighted by molar-refractivity contribution is 5.80. The molecule has 0 amide bonds. The average Bonchev–Trinajstić information content (AvgIpc) is 2.36. The Labute approximate surface area is 102 Å². The van der Waals surface area contributed by atoms with Gasteiger partial charge in [0.25, 0.3) is 0 Å². The fourth-order valence-electron chi connectivity index (χ4n) is 2.18. The van der Waals surface area contributed by atoms with Crippen molar-refractivity contribution >= 4 is 5.84 Å². The van der Waals surface area contributed by atoms with Crippen molar-refractivity contribution in [2.45, 2.75) is 38.3 Å². The Morgan fingerprint density at radius 1 is 1.53 bits per heavy atom. The predicted molar refractivity (Wildman–Crippen MR) is 65.1 cm³/mol. The Hall–Kier alpha value is -0.850. The number of hydrogen-bond acceptors (Lipinski definition) is 5. The van der Waals surface area contributed by atoms with Crippen LogP contribution in [0.5, 0.6) is 0 Å². The van der Waals surface area contributed by atoms with Gasteiger partial charge in [0, 0.05) is 25.6 Å². The number of rotatable bonds is 6. The summed E-state index contributed by atoms with van der Waals surface area (Å²) in [5.41, 5.74) is 5.49. The van der Waals surface area contributed by atoms with Crippen molar-refractivity contribution in [3.05, 3.63) is 0 Å². The number of ether oxygens (including phenoxy) is 1. The molecule has 0 bridgehead atoms. The SMILES string of the molecule is CC(CC(N)=NO)N1CCC(OCCO)CC1. The quantitative estimate of drug-likeness (QED) is 0.265. The first-order chi connectivity index (χ1) is 8.17. The van der Waals surface area contributed by atoms with E-state index in [1.807, 2.05) is 0 Å². The molecule has 4 N–H and O–H groups in total. The lowest BCUT2D eigenvalue weighted by Gasteiger charge is -2.35. The van der Waals surface area contributed by atoms with E-state index in [2.05, 4.69) is 17.0 Å². The third kappa shape index (κ3) is 4.89. The van der Waals surface area contributed by atoms with Crippen LogP contribution in [-0.4, -0.2) is 59.5 Å². The summed E-state index contributed by atoms with van der Waals surface area (Å²) in [6.45, 7) is 4.49. The Kier molecular flexibility index (Phi) is 6.25. The molecule has 1 aliphatic rings. The molecule has 0 radical (unpaired) electrons. The molecule has 0 aromatic rings. The first-order valence-electron chi connectivity index (χ1n) is 6.10. The number of likely N-dealkylation sites (tertiary alicyclic amines) is 1. The maximum atomic E-state index is 8.68. The molecule has 1 saturated heterocycles. The summed E-state index contributed by atoms with van der Waals surface area (Å²) < 4.78 is 5.50. The first kappa shape index (κ1) is 14.2. The average molecular weight is 245 g/mol. The molecule has 0 saturated carbocycles. The second kappa shape index (κ2) is 7.47. The van der Waals surface area contributed by atoms with Gasteiger partial charge >= 0.3 is 0 Å². The van der Waals surface area contributed by atoms with Gasteiger partial charge in [-0.3, -0.25) is 0 Å². The Bertz CT molecular complexity index is 240. The highest BCUT2D eigenvalue weighted by Crippen LogP contribution is 2.17. The van der Waals surface area contributed by atoms with E-state index in [1.165, 1.54) is 0 Å². The summed E-state index contributed by atoms with van der Waals surface area (Å²) in [6.07, 6.45) is 2.79. The van der Waals surface area contributed by atoms with Crippen LogP contribution in [0.4, 0.5) is 0 Å². The van der Waals surface area contributed by atoms with Crippen molar-refractivity contribution in [3.8, 4) is 0 Å². The minimum Gasteiger partial charge on any atom is -0.409 e. The Balaban J connectivity index is 2.26. The number of piperidine rings is 1. The lowest BCUT2D eigenvalue weighted by Crippen LogP contribution is -2.43. The second-order valence-electron chi connectivity index (χ2n) is 4.47. The molecule has 1 atom stereocenters. The summed E-state index contributed by atoms with van der Waals surface area (Å²) in [5, 5.41) is 20.2. The van der Waals surface area contributed by atoms with E-state index in [0.717, 1.165) is 25.9 Å². The predicted octanol–water partition coefficient (Wildman–Crippen LogP) is -0.0153. The van der Waals surface area contributed by atoms with Gasteiger partial charge in [-0.25, -0.2) is 0 Å². The van der Waals surface area contributed by atoms with Crippen molar-refractivity contribution in [1.82, 2.24) is 4.90 Å². The highest BCUT2D eigenvalue weighted by atomic mass is 16.5. The van der Waals surface area contributed by atoms with Crippen molar-refractivity contribution in [2.75, 3.05) is 26.3 Å². The number of oxime groups is 1. The van der Waals surface area contributed by atoms with Crippen LogP contribution in [-0.2, 0) is 4.74 Å². The van der Waals surface area contributed by atoms with Gasteiger partial charge in [0.15, 0.2) is 0 Å². The molecule has 1 unspecified atom stereocenters. The molecular weight excluding hydrogens is 222 g/mol. The topological polar surface area (TPSA) is 91.3 Å². The third-order valence-electron chi connectivity index (χ3n) is 3.18. The summed E-state index contributed by atoms with van der Waals surface area (Å²) >= 11 is 0. The van der Waals surface area contributed by atoms with Gasteiger partial charge in [0.1, 0.15) is 5.84 Å². The number of nitrogens with two attached hydrogens (primary N) is 1. The molecular formula is C11H23N3O3. The van der Waals surface area contributed by atoms with Gasteiger partial charge in [0.05, 0.1) is 19.3 Å². The van der Waals surface area contributed by atoms with Gasteiger partial charge in [0.2, 0.25) is 0 Å². The number of nitrogens with zero attached hydrogens (tertiary/aromatic N) is 2. The number of aliphatic hydroxyl groups is 1. The van der Waals surface area contributed by atoms with Crippen LogP contribution in [0.1, 0.15) is 26.2 Å². The fraction of sp³-hybridized carbons (Fsp3) is 0.909. The maximum Gasteiger partial charge on any atom is 0.140 e. The number of aliphatic hydroxyl groups excluding tert-OH is 1. The molecule has 6 heteroatoms. The summed E-state index contributed by atoms with van der Waals surface area (Å²) in [4.78, 5) is 2.32. The normalized spacial score (nSPS) is 21.6. The van der Waals surface area contributed by atoms with Crippen molar-refractivity contribution < 1.29 is 15.1 Å². The van der Waals surface area contributed by atoms with E-state index in [4.69, 9.17) is 20.8 Å². The van der Waals surface area contributed by atoms with E-state index in [0.29, 0.717) is 13.0 Å². The van der Waals surface area contributed by atoms with Gasteiger partial charge in [-0.05, 0) is 19.8 Å². The third-order valence-corrected chi connectivity index (χ3v) is 3.18. The molecule has 1 aliphatic heterocycles. The smallest absolute Gasteiger partial charge is 0.140 e. The second-order valence-corrected chi connectivity index (χ2v) is 4.47. The molecule has 0 aromatic heterocycles. The molecule has 0 aromatic carbocycles. The van der Waals surface area contributed by atoms with Crippen LogP contribution >= 0.6 is 0 Å². The van der Waals surface area contributed by atoms with Crippen molar-refractivity contribution in [1.29, 1.82) is 0 Å². The van der Waals surface area contributed by atoms with Crippen LogP contribution in [0, 0.1) is 0 Å². The fourth-order valence-corrected chi connectivity index (χ4v) is 2.18. The highest BCUT2D eigenvalue weighted by Gasteiger charge is 2.23. The van der Waals surface area contributed by atoms with Crippen LogP contribution in [0.2, 0.25) is 0 Å². The van der Waals surface area contributed by atoms with E-state index in [-0.39, 0.29) is 24.6 Å². The molecule has 0 aliphatic carbocycles. The zero-order valence-electron chi connectivity index (χ0n) is 10.4. The molecule has 0 spiro atoms. The van der Waals surface area contributed by atoms with Crippen LogP contribution in [0.15, 0.2) is 5.16 Å². The molecule has 1 rings (SSSR count). The van der Waals surface area contributed by atoms with Crippen LogP contribution in [0.3, 0.4) is 0 Å². The minimum absolute atomic E-state index is 0.0834. The van der Waals surface area contributed by atoms with Gasteiger partial charge in [-0.1, -0.05) is 5.16 Å². The molecule has 1 fully saturated rings. The Morgan fingerprint density at radius 3 is 2.71 bits per heavy atom. The largest absolute Gasteiger partial charge is 0.409 e. The summed E-state index contributed by atoms with van der Waals surface area (Å²) in [6, 6.07) is 0.282. The zero-order chi connectivity index (χ0) is 12.7. The van der Waals surface area contributed by atoms with Gasteiger partial charge in [-0.2, -0.15) is 0 Å². The number of amidine groups is 1. The first-order valence-corrected chi connectivity index (χ1v) is 6.10. The molecule has 100 valence electrons. The van der Waals surface area contributed by atoms with Gasteiger partial charge in [-0.15, -0.1) is 0 Å². The molecule has 1 heterocycles. The monoisotopic (exact) mass is 245 g/mol. The maximum absolute atomic E-state index is 8.68. The summed E-state index contributed by atoms with van der Waals surface area (Å²) in [7, 11) is 0. The van der Waals surface area contributed by atoms with E-state index >= 15 is 0 Å². The van der Waals surface area contributed by atoms with Crippen molar-refractivity contribution in [2.24, 2.45) is 10.9 Å². The van der Waals surface area contributed by atoms with Gasteiger partial charge < -0.3 is 25.7 Å². The van der Waals surface area contributed by atoms with Crippen molar-refractivity contribution in [3.63, 3.8) is 0 Å². The number of hydrogen-bond donors (Lipinski definition) is 3. The van der Waals surface area contributed by atoms with E-state index in [1.54, 1.807) is 0 Å². The lowest BCUT2D eigenvalue weighted by atomic mass is 10.0. The standard InChI is InChI=1S/C11H23N3O3/c1-9(8-11(12)13-16)14-4-2-10(3-5-14)17-7-6-15/h9-10,15-16H,2-8H2,1H3,(H2,12,13). The van der Waals surface area contributed by atoms with Crippen LogP contribution in [0.25, 0.3) is 0 Å². The molecule has 6 nitrogen and oxygen atoms in total. The Morgan fingerprint density at radius 2 is 2.18 bits per heavy atom. The lowest BCUT2D eigenvalue weighted by molar-refractivity contribution is -0.0134. The molecule has 17 heavy (non-hydrogen) atoms.